The minimum atomic E-state index is 0.654. The molecular weight excluding hydrogens is 246 g/mol. The Hall–Kier alpha value is -1.02. The van der Waals surface area contributed by atoms with Crippen LogP contribution in [0.4, 0.5) is 0 Å². The van der Waals surface area contributed by atoms with Gasteiger partial charge in [0.05, 0.1) is 7.11 Å². The molecule has 0 aliphatic rings. The summed E-state index contributed by atoms with van der Waals surface area (Å²) in [6.45, 7) is 7.87. The van der Waals surface area contributed by atoms with Crippen molar-refractivity contribution in [3.63, 3.8) is 0 Å². The average molecular weight is 277 g/mol. The van der Waals surface area contributed by atoms with E-state index in [4.69, 9.17) is 4.74 Å². The largest absolute Gasteiger partial charge is 0.497 e. The molecule has 0 fully saturated rings. The molecule has 0 saturated heterocycles. The fourth-order valence-electron chi connectivity index (χ4n) is 2.54. The molecule has 0 amide bonds. The van der Waals surface area contributed by atoms with E-state index in [2.05, 4.69) is 50.4 Å². The zero-order valence-electron chi connectivity index (χ0n) is 13.6. The van der Waals surface area contributed by atoms with Crippen molar-refractivity contribution in [3.8, 4) is 5.75 Å². The van der Waals surface area contributed by atoms with E-state index in [0.29, 0.717) is 6.04 Å². The van der Waals surface area contributed by atoms with E-state index in [1.165, 1.54) is 31.2 Å². The van der Waals surface area contributed by atoms with Crippen LogP contribution in [0.1, 0.15) is 52.0 Å². The molecule has 0 bridgehead atoms. The highest BCUT2D eigenvalue weighted by Crippen LogP contribution is 2.15. The van der Waals surface area contributed by atoms with Gasteiger partial charge in [0.1, 0.15) is 5.75 Å². The van der Waals surface area contributed by atoms with Crippen molar-refractivity contribution in [3.05, 3.63) is 29.8 Å². The summed E-state index contributed by atoms with van der Waals surface area (Å²) in [6.07, 6.45) is 6.33. The second-order valence-corrected chi connectivity index (χ2v) is 5.97. The summed E-state index contributed by atoms with van der Waals surface area (Å²) in [5.41, 5.74) is 1.40. The van der Waals surface area contributed by atoms with E-state index < -0.39 is 0 Å². The van der Waals surface area contributed by atoms with Gasteiger partial charge in [0, 0.05) is 6.04 Å². The number of ether oxygens (including phenoxy) is 1. The van der Waals surface area contributed by atoms with Gasteiger partial charge in [-0.05, 0) is 49.4 Å². The Balaban J connectivity index is 2.36. The van der Waals surface area contributed by atoms with E-state index in [1.54, 1.807) is 7.11 Å². The minimum Gasteiger partial charge on any atom is -0.497 e. The second kappa shape index (κ2) is 9.82. The fourth-order valence-corrected chi connectivity index (χ4v) is 2.54. The number of hydrogen-bond acceptors (Lipinski definition) is 2. The van der Waals surface area contributed by atoms with Crippen LogP contribution < -0.4 is 10.1 Å². The van der Waals surface area contributed by atoms with Crippen LogP contribution in [0.15, 0.2) is 24.3 Å². The monoisotopic (exact) mass is 277 g/mol. The number of aryl methyl sites for hydroxylation is 1. The zero-order valence-corrected chi connectivity index (χ0v) is 13.6. The Kier molecular flexibility index (Phi) is 8.36. The first-order valence-electron chi connectivity index (χ1n) is 8.02. The Morgan fingerprint density at radius 2 is 1.75 bits per heavy atom. The molecule has 0 heterocycles. The zero-order chi connectivity index (χ0) is 14.8. The van der Waals surface area contributed by atoms with E-state index in [9.17, 15) is 0 Å². The first kappa shape index (κ1) is 17.0. The standard InChI is InChI=1S/C18H31NO/c1-5-19-17(8-6-7-15(2)3)12-9-16-10-13-18(20-4)14-11-16/h10-11,13-15,17,19H,5-9,12H2,1-4H3. The Labute approximate surface area is 124 Å². The molecule has 0 aliphatic carbocycles. The fraction of sp³-hybridized carbons (Fsp3) is 0.667. The van der Waals surface area contributed by atoms with E-state index in [-0.39, 0.29) is 0 Å². The first-order chi connectivity index (χ1) is 9.65. The van der Waals surface area contributed by atoms with Gasteiger partial charge in [0.2, 0.25) is 0 Å². The highest BCUT2D eigenvalue weighted by atomic mass is 16.5. The summed E-state index contributed by atoms with van der Waals surface area (Å²) in [4.78, 5) is 0. The molecule has 0 saturated carbocycles. The average Bonchev–Trinajstić information content (AvgIpc) is 2.45. The summed E-state index contributed by atoms with van der Waals surface area (Å²) in [7, 11) is 1.71. The van der Waals surface area contributed by atoms with Crippen molar-refractivity contribution in [2.24, 2.45) is 5.92 Å². The van der Waals surface area contributed by atoms with Crippen molar-refractivity contribution >= 4 is 0 Å². The molecule has 114 valence electrons. The van der Waals surface area contributed by atoms with Gasteiger partial charge in [-0.2, -0.15) is 0 Å². The minimum absolute atomic E-state index is 0.654. The van der Waals surface area contributed by atoms with Crippen LogP contribution in [0.25, 0.3) is 0 Å². The van der Waals surface area contributed by atoms with Gasteiger partial charge < -0.3 is 10.1 Å². The van der Waals surface area contributed by atoms with Crippen molar-refractivity contribution in [1.82, 2.24) is 5.32 Å². The molecule has 0 aliphatic heterocycles. The van der Waals surface area contributed by atoms with E-state index >= 15 is 0 Å². The molecule has 0 spiro atoms. The Bertz CT molecular complexity index is 345. The summed E-state index contributed by atoms with van der Waals surface area (Å²) >= 11 is 0. The van der Waals surface area contributed by atoms with Gasteiger partial charge in [-0.15, -0.1) is 0 Å². The molecule has 1 N–H and O–H groups in total. The van der Waals surface area contributed by atoms with Gasteiger partial charge in [0.25, 0.3) is 0 Å². The van der Waals surface area contributed by atoms with E-state index in [0.717, 1.165) is 24.6 Å². The molecule has 2 nitrogen and oxygen atoms in total. The smallest absolute Gasteiger partial charge is 0.118 e. The molecular formula is C18H31NO. The molecule has 1 aromatic rings. The number of rotatable bonds is 10. The van der Waals surface area contributed by atoms with Crippen LogP contribution in [-0.4, -0.2) is 19.7 Å². The maximum atomic E-state index is 5.20. The lowest BCUT2D eigenvalue weighted by Crippen LogP contribution is -2.29. The van der Waals surface area contributed by atoms with Crippen molar-refractivity contribution < 1.29 is 4.74 Å². The summed E-state index contributed by atoms with van der Waals surface area (Å²) in [5.74, 6) is 1.76. The Morgan fingerprint density at radius 3 is 2.30 bits per heavy atom. The normalized spacial score (nSPS) is 12.7. The van der Waals surface area contributed by atoms with Gasteiger partial charge in [-0.1, -0.05) is 45.7 Å². The van der Waals surface area contributed by atoms with Gasteiger partial charge in [-0.25, -0.2) is 0 Å². The van der Waals surface area contributed by atoms with Crippen LogP contribution in [0.5, 0.6) is 5.75 Å². The lowest BCUT2D eigenvalue weighted by molar-refractivity contribution is 0.414. The molecule has 1 atom stereocenters. The quantitative estimate of drug-likeness (QED) is 0.683. The van der Waals surface area contributed by atoms with Crippen molar-refractivity contribution in [2.45, 2.75) is 58.9 Å². The molecule has 0 radical (unpaired) electrons. The van der Waals surface area contributed by atoms with Gasteiger partial charge in [0.15, 0.2) is 0 Å². The molecule has 2 heteroatoms. The third kappa shape index (κ3) is 6.95. The maximum Gasteiger partial charge on any atom is 0.118 e. The molecule has 20 heavy (non-hydrogen) atoms. The van der Waals surface area contributed by atoms with Crippen molar-refractivity contribution in [1.29, 1.82) is 0 Å². The first-order valence-corrected chi connectivity index (χ1v) is 8.02. The molecule has 1 aromatic carbocycles. The van der Waals surface area contributed by atoms with Crippen molar-refractivity contribution in [2.75, 3.05) is 13.7 Å². The number of methoxy groups -OCH3 is 1. The highest BCUT2D eigenvalue weighted by Gasteiger charge is 2.08. The third-order valence-electron chi connectivity index (χ3n) is 3.77. The molecule has 1 rings (SSSR count). The summed E-state index contributed by atoms with van der Waals surface area (Å²) in [6, 6.07) is 9.11. The third-order valence-corrected chi connectivity index (χ3v) is 3.77. The van der Waals surface area contributed by atoms with E-state index in [1.807, 2.05) is 0 Å². The van der Waals surface area contributed by atoms with Crippen LogP contribution in [0.3, 0.4) is 0 Å². The second-order valence-electron chi connectivity index (χ2n) is 5.97. The van der Waals surface area contributed by atoms with Crippen LogP contribution in [0.2, 0.25) is 0 Å². The van der Waals surface area contributed by atoms with Crippen LogP contribution in [0, 0.1) is 5.92 Å². The predicted octanol–water partition coefficient (Wildman–Crippen LogP) is 4.43. The Morgan fingerprint density at radius 1 is 1.05 bits per heavy atom. The van der Waals surface area contributed by atoms with Crippen LogP contribution >= 0.6 is 0 Å². The van der Waals surface area contributed by atoms with Gasteiger partial charge in [-0.3, -0.25) is 0 Å². The predicted molar refractivity (Wildman–Crippen MR) is 87.5 cm³/mol. The van der Waals surface area contributed by atoms with Crippen LogP contribution in [-0.2, 0) is 6.42 Å². The summed E-state index contributed by atoms with van der Waals surface area (Å²) < 4.78 is 5.20. The topological polar surface area (TPSA) is 21.3 Å². The SMILES string of the molecule is CCNC(CCCC(C)C)CCc1ccc(OC)cc1. The maximum absolute atomic E-state index is 5.20. The highest BCUT2D eigenvalue weighted by molar-refractivity contribution is 5.27. The molecule has 0 aromatic heterocycles. The lowest BCUT2D eigenvalue weighted by Gasteiger charge is -2.18. The summed E-state index contributed by atoms with van der Waals surface area (Å²) in [5, 5.41) is 3.62. The molecule has 1 unspecified atom stereocenters. The lowest BCUT2D eigenvalue weighted by atomic mass is 9.98. The van der Waals surface area contributed by atoms with Gasteiger partial charge >= 0.3 is 0 Å². The number of hydrogen-bond donors (Lipinski definition) is 1. The number of nitrogens with one attached hydrogen (secondary N) is 1. The number of benzene rings is 1.